The highest BCUT2D eigenvalue weighted by Crippen LogP contribution is 2.29. The second-order valence-electron chi connectivity index (χ2n) is 8.02. The molecule has 0 aromatic heterocycles. The Morgan fingerprint density at radius 1 is 0.739 bits per heavy atom. The minimum absolute atomic E-state index is 0.537. The molecule has 2 heterocycles. The summed E-state index contributed by atoms with van der Waals surface area (Å²) in [6.45, 7) is 12.3. The van der Waals surface area contributed by atoms with Crippen LogP contribution >= 0.6 is 0 Å². The molecule has 0 aromatic carbocycles. The fourth-order valence-electron chi connectivity index (χ4n) is 4.50. The Morgan fingerprint density at radius 2 is 1.30 bits per heavy atom. The number of nitrogens with zero attached hydrogens (tertiary/aromatic N) is 3. The van der Waals surface area contributed by atoms with Gasteiger partial charge in [0.2, 0.25) is 0 Å². The maximum atomic E-state index is 6.40. The Labute approximate surface area is 143 Å². The molecule has 0 radical (unpaired) electrons. The highest BCUT2D eigenvalue weighted by molar-refractivity contribution is 4.80. The van der Waals surface area contributed by atoms with Crippen molar-refractivity contribution >= 4 is 0 Å². The summed E-state index contributed by atoms with van der Waals surface area (Å²) < 4.78 is 6.40. The minimum Gasteiger partial charge on any atom is -0.375 e. The SMILES string of the molecule is CCN1CCN(C[C@H]2CC[C@H](OC3CCN(C)CC3)CC2)CC1. The summed E-state index contributed by atoms with van der Waals surface area (Å²) in [5, 5.41) is 0. The number of piperazine rings is 1. The van der Waals surface area contributed by atoms with Gasteiger partial charge in [-0.15, -0.1) is 0 Å². The zero-order valence-corrected chi connectivity index (χ0v) is 15.4. The van der Waals surface area contributed by atoms with Gasteiger partial charge in [-0.2, -0.15) is 0 Å². The molecular weight excluding hydrogens is 286 g/mol. The number of likely N-dealkylation sites (N-methyl/N-ethyl adjacent to an activating group) is 1. The maximum absolute atomic E-state index is 6.40. The van der Waals surface area contributed by atoms with Gasteiger partial charge in [-0.25, -0.2) is 0 Å². The molecule has 1 saturated carbocycles. The van der Waals surface area contributed by atoms with Crippen LogP contribution < -0.4 is 0 Å². The molecule has 0 atom stereocenters. The van der Waals surface area contributed by atoms with Crippen molar-refractivity contribution < 1.29 is 4.74 Å². The van der Waals surface area contributed by atoms with Crippen LogP contribution in [-0.2, 0) is 4.74 Å². The minimum atomic E-state index is 0.537. The third-order valence-corrected chi connectivity index (χ3v) is 6.27. The molecule has 3 rings (SSSR count). The standard InChI is InChI=1S/C19H37N3O/c1-3-21-12-14-22(15-13-21)16-17-4-6-18(7-5-17)23-19-8-10-20(2)11-9-19/h17-19H,3-16H2,1-2H3/t17-,18-. The Bertz CT molecular complexity index is 328. The van der Waals surface area contributed by atoms with Crippen LogP contribution in [0.1, 0.15) is 45.4 Å². The van der Waals surface area contributed by atoms with Crippen molar-refractivity contribution in [3.05, 3.63) is 0 Å². The normalized spacial score (nSPS) is 33.1. The van der Waals surface area contributed by atoms with E-state index in [0.717, 1.165) is 5.92 Å². The predicted molar refractivity (Wildman–Crippen MR) is 95.9 cm³/mol. The summed E-state index contributed by atoms with van der Waals surface area (Å²) in [4.78, 5) is 7.70. The first kappa shape index (κ1) is 17.7. The first-order chi connectivity index (χ1) is 11.2. The Morgan fingerprint density at radius 3 is 1.91 bits per heavy atom. The van der Waals surface area contributed by atoms with Gasteiger partial charge in [-0.1, -0.05) is 6.92 Å². The third-order valence-electron chi connectivity index (χ3n) is 6.27. The fraction of sp³-hybridized carbons (Fsp3) is 1.00. The average Bonchev–Trinajstić information content (AvgIpc) is 2.59. The molecule has 0 aromatic rings. The lowest BCUT2D eigenvalue weighted by Crippen LogP contribution is -2.48. The van der Waals surface area contributed by atoms with Gasteiger partial charge in [-0.05, 0) is 58.0 Å². The zero-order valence-electron chi connectivity index (χ0n) is 15.4. The number of piperidine rings is 1. The molecule has 134 valence electrons. The summed E-state index contributed by atoms with van der Waals surface area (Å²) in [6.07, 6.45) is 8.91. The highest BCUT2D eigenvalue weighted by atomic mass is 16.5. The molecule has 2 aliphatic heterocycles. The highest BCUT2D eigenvalue weighted by Gasteiger charge is 2.27. The van der Waals surface area contributed by atoms with Gasteiger partial charge < -0.3 is 19.4 Å². The number of rotatable bonds is 5. The van der Waals surface area contributed by atoms with Crippen LogP contribution in [0.15, 0.2) is 0 Å². The molecule has 0 unspecified atom stereocenters. The van der Waals surface area contributed by atoms with Crippen LogP contribution in [-0.4, -0.2) is 86.3 Å². The van der Waals surface area contributed by atoms with E-state index in [4.69, 9.17) is 4.74 Å². The summed E-state index contributed by atoms with van der Waals surface area (Å²) >= 11 is 0. The van der Waals surface area contributed by atoms with Crippen molar-refractivity contribution in [3.63, 3.8) is 0 Å². The molecule has 0 spiro atoms. The van der Waals surface area contributed by atoms with Gasteiger partial charge in [0.15, 0.2) is 0 Å². The van der Waals surface area contributed by atoms with Crippen LogP contribution in [0.5, 0.6) is 0 Å². The van der Waals surface area contributed by atoms with Crippen molar-refractivity contribution in [2.75, 3.05) is 59.4 Å². The molecule has 0 bridgehead atoms. The van der Waals surface area contributed by atoms with Crippen molar-refractivity contribution in [2.24, 2.45) is 5.92 Å². The molecule has 1 aliphatic carbocycles. The lowest BCUT2D eigenvalue weighted by molar-refractivity contribution is -0.0603. The second kappa shape index (κ2) is 8.80. The zero-order chi connectivity index (χ0) is 16.1. The van der Waals surface area contributed by atoms with Crippen molar-refractivity contribution in [2.45, 2.75) is 57.7 Å². The van der Waals surface area contributed by atoms with Gasteiger partial charge in [0.05, 0.1) is 12.2 Å². The molecular formula is C19H37N3O. The largest absolute Gasteiger partial charge is 0.375 e. The van der Waals surface area contributed by atoms with Gasteiger partial charge in [0, 0.05) is 45.8 Å². The van der Waals surface area contributed by atoms with E-state index in [1.807, 2.05) is 0 Å². The quantitative estimate of drug-likeness (QED) is 0.773. The molecule has 0 amide bonds. The average molecular weight is 324 g/mol. The molecule has 4 nitrogen and oxygen atoms in total. The summed E-state index contributed by atoms with van der Waals surface area (Å²) in [7, 11) is 2.22. The number of likely N-dealkylation sites (tertiary alicyclic amines) is 1. The van der Waals surface area contributed by atoms with Crippen molar-refractivity contribution in [3.8, 4) is 0 Å². The Kier molecular flexibility index (Phi) is 6.75. The molecule has 3 aliphatic rings. The van der Waals surface area contributed by atoms with E-state index < -0.39 is 0 Å². The lowest BCUT2D eigenvalue weighted by Gasteiger charge is -2.38. The second-order valence-corrected chi connectivity index (χ2v) is 8.02. The number of ether oxygens (including phenoxy) is 1. The number of hydrogen-bond acceptors (Lipinski definition) is 4. The van der Waals surface area contributed by atoms with Crippen molar-refractivity contribution in [1.29, 1.82) is 0 Å². The maximum Gasteiger partial charge on any atom is 0.0603 e. The first-order valence-electron chi connectivity index (χ1n) is 10.0. The van der Waals surface area contributed by atoms with E-state index >= 15 is 0 Å². The summed E-state index contributed by atoms with van der Waals surface area (Å²) in [5.74, 6) is 0.917. The van der Waals surface area contributed by atoms with Gasteiger partial charge in [0.1, 0.15) is 0 Å². The van der Waals surface area contributed by atoms with Crippen LogP contribution in [0.25, 0.3) is 0 Å². The smallest absolute Gasteiger partial charge is 0.0603 e. The Hall–Kier alpha value is -0.160. The van der Waals surface area contributed by atoms with Crippen LogP contribution in [0.2, 0.25) is 0 Å². The predicted octanol–water partition coefficient (Wildman–Crippen LogP) is 2.29. The molecule has 4 heteroatoms. The van der Waals surface area contributed by atoms with Crippen LogP contribution in [0, 0.1) is 5.92 Å². The van der Waals surface area contributed by atoms with E-state index in [1.165, 1.54) is 90.9 Å². The van der Waals surface area contributed by atoms with Gasteiger partial charge in [0.25, 0.3) is 0 Å². The fourth-order valence-corrected chi connectivity index (χ4v) is 4.50. The van der Waals surface area contributed by atoms with Gasteiger partial charge in [-0.3, -0.25) is 0 Å². The molecule has 0 N–H and O–H groups in total. The summed E-state index contributed by atoms with van der Waals surface area (Å²) in [5.41, 5.74) is 0. The lowest BCUT2D eigenvalue weighted by atomic mass is 9.86. The van der Waals surface area contributed by atoms with E-state index in [1.54, 1.807) is 0 Å². The first-order valence-corrected chi connectivity index (χ1v) is 10.0. The molecule has 23 heavy (non-hydrogen) atoms. The van der Waals surface area contributed by atoms with E-state index in [9.17, 15) is 0 Å². The summed E-state index contributed by atoms with van der Waals surface area (Å²) in [6, 6.07) is 0. The topological polar surface area (TPSA) is 19.0 Å². The third kappa shape index (κ3) is 5.42. The van der Waals surface area contributed by atoms with Crippen LogP contribution in [0.3, 0.4) is 0 Å². The molecule has 3 fully saturated rings. The molecule has 2 saturated heterocycles. The van der Waals surface area contributed by atoms with Crippen molar-refractivity contribution in [1.82, 2.24) is 14.7 Å². The van der Waals surface area contributed by atoms with E-state index in [0.29, 0.717) is 12.2 Å². The van der Waals surface area contributed by atoms with E-state index in [2.05, 4.69) is 28.7 Å². The number of hydrogen-bond donors (Lipinski definition) is 0. The van der Waals surface area contributed by atoms with Gasteiger partial charge >= 0.3 is 0 Å². The van der Waals surface area contributed by atoms with Crippen LogP contribution in [0.4, 0.5) is 0 Å². The Balaban J connectivity index is 1.31. The monoisotopic (exact) mass is 323 g/mol. The van der Waals surface area contributed by atoms with E-state index in [-0.39, 0.29) is 0 Å².